The number of esters is 1. The lowest BCUT2D eigenvalue weighted by Gasteiger charge is -2.32. The van der Waals surface area contributed by atoms with E-state index < -0.39 is 22.8 Å². The first kappa shape index (κ1) is 28.0. The van der Waals surface area contributed by atoms with Crippen LogP contribution in [-0.2, 0) is 25.5 Å². The number of ether oxygens (including phenoxy) is 1. The maximum Gasteiger partial charge on any atom is 0.328 e. The van der Waals surface area contributed by atoms with Gasteiger partial charge < -0.3 is 20.5 Å². The normalized spacial score (nSPS) is 16.6. The Bertz CT molecular complexity index is 806. The summed E-state index contributed by atoms with van der Waals surface area (Å²) in [6, 6.07) is 5.62. The Labute approximate surface area is 208 Å². The van der Waals surface area contributed by atoms with Crippen molar-refractivity contribution >= 4 is 30.4 Å². The molecule has 2 amide bonds. The van der Waals surface area contributed by atoms with Gasteiger partial charge in [0.1, 0.15) is 17.3 Å². The van der Waals surface area contributed by atoms with Crippen molar-refractivity contribution in [2.75, 3.05) is 6.61 Å². The lowest BCUT2D eigenvalue weighted by molar-refractivity contribution is -0.149. The number of carbonyl (C=O) groups excluding carboxylic acids is 3. The van der Waals surface area contributed by atoms with Crippen LogP contribution in [0, 0.1) is 5.92 Å². The van der Waals surface area contributed by atoms with E-state index in [0.717, 1.165) is 44.1 Å². The second kappa shape index (κ2) is 13.6. The van der Waals surface area contributed by atoms with Crippen LogP contribution in [0.15, 0.2) is 24.3 Å². The van der Waals surface area contributed by atoms with Crippen LogP contribution in [0.5, 0.6) is 5.75 Å². The molecular weight excluding hydrogens is 452 g/mol. The summed E-state index contributed by atoms with van der Waals surface area (Å²) in [4.78, 5) is 39.1. The maximum absolute atomic E-state index is 13.5. The average molecular weight is 493 g/mol. The first-order valence-corrected chi connectivity index (χ1v) is 13.0. The lowest BCUT2D eigenvalue weighted by atomic mass is 9.94. The largest absolute Gasteiger partial charge is 0.508 e. The number of hydrogen-bond donors (Lipinski definition) is 4. The van der Waals surface area contributed by atoms with E-state index in [0.29, 0.717) is 19.4 Å². The van der Waals surface area contributed by atoms with Crippen molar-refractivity contribution in [3.8, 4) is 5.75 Å². The molecule has 1 fully saturated rings. The third kappa shape index (κ3) is 8.22. The standard InChI is InChI=1S/C26H40N2O5S/c1-4-5-6-9-16-33-24(31)21(17-19-10-12-20(29)13-11-19)27-25(32)26(14-7-8-15-26)28-23(30)22(34)18(2)3/h10-13,18,21-22,29,34H,4-9,14-17H2,1-3H3,(H,27,32)(H,28,30)/t21-,22-/m0/s1. The molecule has 2 atom stereocenters. The van der Waals surface area contributed by atoms with Gasteiger partial charge in [-0.05, 0) is 42.9 Å². The Kier molecular flexibility index (Phi) is 11.2. The highest BCUT2D eigenvalue weighted by molar-refractivity contribution is 7.81. The first-order chi connectivity index (χ1) is 16.2. The van der Waals surface area contributed by atoms with Crippen molar-refractivity contribution < 1.29 is 24.2 Å². The highest BCUT2D eigenvalue weighted by Crippen LogP contribution is 2.31. The van der Waals surface area contributed by atoms with E-state index in [9.17, 15) is 19.5 Å². The molecule has 0 unspecified atom stereocenters. The number of hydrogen-bond acceptors (Lipinski definition) is 6. The van der Waals surface area contributed by atoms with E-state index in [1.54, 1.807) is 24.3 Å². The summed E-state index contributed by atoms with van der Waals surface area (Å²) in [7, 11) is 0. The fourth-order valence-corrected chi connectivity index (χ4v) is 4.22. The van der Waals surface area contributed by atoms with E-state index in [2.05, 4.69) is 30.2 Å². The zero-order chi connectivity index (χ0) is 25.1. The molecule has 0 saturated heterocycles. The molecular formula is C26H40N2O5S. The summed E-state index contributed by atoms with van der Waals surface area (Å²) >= 11 is 4.40. The number of rotatable bonds is 13. The zero-order valence-corrected chi connectivity index (χ0v) is 21.5. The number of benzene rings is 1. The molecule has 0 bridgehead atoms. The van der Waals surface area contributed by atoms with Gasteiger partial charge in [-0.25, -0.2) is 4.79 Å². The minimum absolute atomic E-state index is 0.0229. The summed E-state index contributed by atoms with van der Waals surface area (Å²) in [5.74, 6) is -0.985. The van der Waals surface area contributed by atoms with Crippen LogP contribution in [0.2, 0.25) is 0 Å². The van der Waals surface area contributed by atoms with Crippen molar-refractivity contribution in [3.05, 3.63) is 29.8 Å². The van der Waals surface area contributed by atoms with Crippen LogP contribution >= 0.6 is 12.6 Å². The summed E-state index contributed by atoms with van der Waals surface area (Å²) in [6.07, 6.45) is 6.81. The van der Waals surface area contributed by atoms with Crippen molar-refractivity contribution in [2.24, 2.45) is 5.92 Å². The quantitative estimate of drug-likeness (QED) is 0.190. The SMILES string of the molecule is CCCCCCOC(=O)[C@H](Cc1ccc(O)cc1)NC(=O)C1(NC(=O)[C@@H](S)C(C)C)CCCC1. The van der Waals surface area contributed by atoms with Gasteiger partial charge in [-0.2, -0.15) is 12.6 Å². The number of carbonyl (C=O) groups is 3. The second-order valence-corrected chi connectivity index (χ2v) is 10.1. The predicted octanol–water partition coefficient (Wildman–Crippen LogP) is 3.93. The Morgan fingerprint density at radius 3 is 2.32 bits per heavy atom. The predicted molar refractivity (Wildman–Crippen MR) is 136 cm³/mol. The van der Waals surface area contributed by atoms with Crippen molar-refractivity contribution in [1.82, 2.24) is 10.6 Å². The number of thiol groups is 1. The van der Waals surface area contributed by atoms with Crippen molar-refractivity contribution in [2.45, 2.75) is 95.4 Å². The minimum Gasteiger partial charge on any atom is -0.508 e. The lowest BCUT2D eigenvalue weighted by Crippen LogP contribution is -2.61. The number of phenolic OH excluding ortho intramolecular Hbond substituents is 1. The number of aromatic hydroxyl groups is 1. The zero-order valence-electron chi connectivity index (χ0n) is 20.6. The first-order valence-electron chi connectivity index (χ1n) is 12.4. The molecule has 0 aliphatic heterocycles. The molecule has 3 N–H and O–H groups in total. The molecule has 34 heavy (non-hydrogen) atoms. The Hall–Kier alpha value is -2.22. The number of amides is 2. The maximum atomic E-state index is 13.5. The molecule has 0 radical (unpaired) electrons. The van der Waals surface area contributed by atoms with Crippen molar-refractivity contribution in [1.29, 1.82) is 0 Å². The fraction of sp³-hybridized carbons (Fsp3) is 0.654. The molecule has 1 aliphatic rings. The molecule has 2 rings (SSSR count). The van der Waals surface area contributed by atoms with Gasteiger partial charge in [-0.15, -0.1) is 0 Å². The molecule has 0 heterocycles. The smallest absolute Gasteiger partial charge is 0.328 e. The molecule has 1 aliphatic carbocycles. The molecule has 190 valence electrons. The van der Waals surface area contributed by atoms with E-state index in [4.69, 9.17) is 4.74 Å². The van der Waals surface area contributed by atoms with Crippen molar-refractivity contribution in [3.63, 3.8) is 0 Å². The van der Waals surface area contributed by atoms with Crippen LogP contribution in [0.4, 0.5) is 0 Å². The topological polar surface area (TPSA) is 105 Å². The molecule has 0 aromatic heterocycles. The van der Waals surface area contributed by atoms with Gasteiger partial charge >= 0.3 is 5.97 Å². The highest BCUT2D eigenvalue weighted by Gasteiger charge is 2.44. The third-order valence-electron chi connectivity index (χ3n) is 6.36. The van der Waals surface area contributed by atoms with Crippen LogP contribution in [0.1, 0.15) is 77.7 Å². The van der Waals surface area contributed by atoms with E-state index in [-0.39, 0.29) is 29.9 Å². The molecule has 1 aromatic rings. The number of nitrogens with one attached hydrogen (secondary N) is 2. The summed E-state index contributed by atoms with van der Waals surface area (Å²) in [5.41, 5.74) is -0.271. The van der Waals surface area contributed by atoms with Gasteiger partial charge in [0.25, 0.3) is 0 Å². The van der Waals surface area contributed by atoms with Gasteiger partial charge in [0.2, 0.25) is 11.8 Å². The molecule has 1 saturated carbocycles. The summed E-state index contributed by atoms with van der Waals surface area (Å²) in [5, 5.41) is 14.9. The van der Waals surface area contributed by atoms with Crippen LogP contribution < -0.4 is 10.6 Å². The van der Waals surface area contributed by atoms with Crippen LogP contribution in [-0.4, -0.2) is 46.3 Å². The van der Waals surface area contributed by atoms with Crippen LogP contribution in [0.3, 0.4) is 0 Å². The van der Waals surface area contributed by atoms with Gasteiger partial charge in [0.15, 0.2) is 0 Å². The molecule has 0 spiro atoms. The number of phenols is 1. The van der Waals surface area contributed by atoms with E-state index in [1.165, 1.54) is 0 Å². The molecule has 8 heteroatoms. The summed E-state index contributed by atoms with van der Waals surface area (Å²) < 4.78 is 5.49. The number of unbranched alkanes of at least 4 members (excludes halogenated alkanes) is 3. The Morgan fingerprint density at radius 2 is 1.74 bits per heavy atom. The van der Waals surface area contributed by atoms with E-state index in [1.807, 2.05) is 13.8 Å². The summed E-state index contributed by atoms with van der Waals surface area (Å²) in [6.45, 7) is 6.23. The van der Waals surface area contributed by atoms with Gasteiger partial charge in [0, 0.05) is 6.42 Å². The highest BCUT2D eigenvalue weighted by atomic mass is 32.1. The Morgan fingerprint density at radius 1 is 1.09 bits per heavy atom. The fourth-order valence-electron chi connectivity index (χ4n) is 4.16. The van der Waals surface area contributed by atoms with Crippen LogP contribution in [0.25, 0.3) is 0 Å². The van der Waals surface area contributed by atoms with Gasteiger partial charge in [-0.3, -0.25) is 9.59 Å². The second-order valence-electron chi connectivity index (χ2n) is 9.59. The third-order valence-corrected chi connectivity index (χ3v) is 7.19. The Balaban J connectivity index is 2.14. The molecule has 7 nitrogen and oxygen atoms in total. The monoisotopic (exact) mass is 492 g/mol. The minimum atomic E-state index is -1.05. The average Bonchev–Trinajstić information content (AvgIpc) is 3.28. The van der Waals surface area contributed by atoms with E-state index >= 15 is 0 Å². The van der Waals surface area contributed by atoms with Gasteiger partial charge in [-0.1, -0.05) is 65.0 Å². The van der Waals surface area contributed by atoms with Gasteiger partial charge in [0.05, 0.1) is 11.9 Å². The molecule has 1 aromatic carbocycles.